The molecule has 0 saturated heterocycles. The van der Waals surface area contributed by atoms with E-state index in [9.17, 15) is 26.1 Å². The van der Waals surface area contributed by atoms with Crippen LogP contribution < -0.4 is 10.2 Å². The summed E-state index contributed by atoms with van der Waals surface area (Å²) in [5, 5.41) is 0. The third-order valence-corrected chi connectivity index (χ3v) is 1.52. The van der Waals surface area contributed by atoms with Crippen molar-refractivity contribution in [3.05, 3.63) is 18.3 Å². The minimum Gasteiger partial charge on any atom is -0.468 e. The van der Waals surface area contributed by atoms with Gasteiger partial charge in [0.2, 0.25) is 5.88 Å². The van der Waals surface area contributed by atoms with Crippen LogP contribution in [-0.2, 0) is 0 Å². The maximum absolute atomic E-state index is 12.1. The number of aromatic nitrogens is 1. The molecule has 0 aliphatic heterocycles. The van der Waals surface area contributed by atoms with Gasteiger partial charge in [0.1, 0.15) is 0 Å². The van der Waals surface area contributed by atoms with Gasteiger partial charge in [0, 0.05) is 6.20 Å². The predicted octanol–water partition coefficient (Wildman–Crippen LogP) is 2.08. The lowest BCUT2D eigenvalue weighted by Crippen LogP contribution is -2.34. The van der Waals surface area contributed by atoms with Crippen molar-refractivity contribution >= 4 is 12.4 Å². The van der Waals surface area contributed by atoms with E-state index in [1.165, 1.54) is 0 Å². The highest BCUT2D eigenvalue weighted by atomic mass is 19.4. The number of alkyl halides is 3. The Morgan fingerprint density at radius 1 is 1.19 bits per heavy atom. The van der Waals surface area contributed by atoms with Crippen molar-refractivity contribution in [3.8, 4) is 5.88 Å². The van der Waals surface area contributed by atoms with E-state index in [-0.39, 0.29) is 0 Å². The van der Waals surface area contributed by atoms with Gasteiger partial charge in [0.25, 0.3) is 0 Å². The summed E-state index contributed by atoms with van der Waals surface area (Å²) < 4.78 is 75.5. The molecule has 0 aromatic carbocycles. The molecule has 0 bridgehead atoms. The molecule has 0 amide bonds. The molecule has 0 spiro atoms. The number of pyridine rings is 1. The van der Waals surface area contributed by atoms with Gasteiger partial charge in [-0.2, -0.15) is 13.2 Å². The molecule has 90 valence electrons. The Morgan fingerprint density at radius 2 is 1.81 bits per heavy atom. The molecule has 2 nitrogen and oxygen atoms in total. The van der Waals surface area contributed by atoms with Gasteiger partial charge in [-0.3, -0.25) is 0 Å². The van der Waals surface area contributed by atoms with E-state index < -0.39 is 31.1 Å². The first kappa shape index (κ1) is 12.7. The first-order chi connectivity index (χ1) is 7.18. The third kappa shape index (κ3) is 3.99. The Balaban J connectivity index is 2.66. The summed E-state index contributed by atoms with van der Waals surface area (Å²) >= 11 is 0. The number of halogens is 6. The summed E-state index contributed by atoms with van der Waals surface area (Å²) in [5.74, 6) is -0.499. The number of ether oxygens (including phenoxy) is 1. The molecule has 1 rings (SSSR count). The molecule has 0 aliphatic rings. The molecule has 1 aromatic heterocycles. The van der Waals surface area contributed by atoms with Gasteiger partial charge in [-0.15, -0.1) is 0 Å². The van der Waals surface area contributed by atoms with E-state index in [0.717, 1.165) is 6.07 Å². The van der Waals surface area contributed by atoms with E-state index in [1.54, 1.807) is 0 Å². The second-order valence-electron chi connectivity index (χ2n) is 2.91. The molecule has 0 N–H and O–H groups in total. The number of rotatable bonds is 3. The van der Waals surface area contributed by atoms with Crippen LogP contribution in [0.25, 0.3) is 0 Å². The van der Waals surface area contributed by atoms with Gasteiger partial charge < -0.3 is 17.7 Å². The zero-order valence-electron chi connectivity index (χ0n) is 7.64. The van der Waals surface area contributed by atoms with E-state index in [0.29, 0.717) is 12.3 Å². The quantitative estimate of drug-likeness (QED) is 0.599. The minimum atomic E-state index is -5.20. The topological polar surface area (TPSA) is 22.1 Å². The SMILES string of the molecule is F[B-](F)(F)c1ccc(OCC(F)(F)F)nc1. The summed E-state index contributed by atoms with van der Waals surface area (Å²) in [6, 6.07) is 1.37. The summed E-state index contributed by atoms with van der Waals surface area (Å²) in [5.41, 5.74) is -0.987. The van der Waals surface area contributed by atoms with Crippen molar-refractivity contribution in [1.29, 1.82) is 0 Å². The number of hydrogen-bond acceptors (Lipinski definition) is 2. The van der Waals surface area contributed by atoms with Crippen LogP contribution in [0.2, 0.25) is 0 Å². The van der Waals surface area contributed by atoms with Gasteiger partial charge >= 0.3 is 13.2 Å². The molecular formula is C7H5BF6NO-. The maximum atomic E-state index is 12.1. The lowest BCUT2D eigenvalue weighted by Gasteiger charge is -2.14. The van der Waals surface area contributed by atoms with Gasteiger partial charge in [-0.05, 0) is 6.07 Å². The first-order valence-electron chi connectivity index (χ1n) is 4.04. The minimum absolute atomic E-state index is 0.436. The van der Waals surface area contributed by atoms with Crippen LogP contribution in [0.3, 0.4) is 0 Å². The van der Waals surface area contributed by atoms with Crippen molar-refractivity contribution in [1.82, 2.24) is 4.98 Å². The van der Waals surface area contributed by atoms with Gasteiger partial charge in [0.15, 0.2) is 6.61 Å². The molecular weight excluding hydrogens is 239 g/mol. The Hall–Kier alpha value is -1.41. The molecule has 9 heteroatoms. The normalized spacial score (nSPS) is 12.6. The molecule has 0 fully saturated rings. The van der Waals surface area contributed by atoms with E-state index in [1.807, 2.05) is 0 Å². The van der Waals surface area contributed by atoms with E-state index in [2.05, 4.69) is 9.72 Å². The Labute approximate surface area is 86.3 Å². The van der Waals surface area contributed by atoms with Crippen LogP contribution in [0.1, 0.15) is 0 Å². The lowest BCUT2D eigenvalue weighted by molar-refractivity contribution is -0.154. The van der Waals surface area contributed by atoms with E-state index >= 15 is 0 Å². The standard InChI is InChI=1S/C7H5BF6NO/c9-7(10,11)4-16-6-2-1-5(3-15-6)8(12,13)14/h1-3H,4H2/q-1. The van der Waals surface area contributed by atoms with Crippen LogP contribution in [-0.4, -0.2) is 24.7 Å². The van der Waals surface area contributed by atoms with Crippen LogP contribution in [0.4, 0.5) is 26.1 Å². The number of hydrogen-bond donors (Lipinski definition) is 0. The Kier molecular flexibility index (Phi) is 3.34. The Bertz CT molecular complexity index is 345. The summed E-state index contributed by atoms with van der Waals surface area (Å²) in [6.45, 7) is -6.78. The zero-order chi connectivity index (χ0) is 12.4. The molecule has 0 radical (unpaired) electrons. The molecule has 1 heterocycles. The fourth-order valence-corrected chi connectivity index (χ4v) is 0.827. The molecule has 0 atom stereocenters. The second kappa shape index (κ2) is 4.22. The second-order valence-corrected chi connectivity index (χ2v) is 2.91. The first-order valence-corrected chi connectivity index (χ1v) is 4.04. The highest BCUT2D eigenvalue weighted by Gasteiger charge is 2.29. The maximum Gasteiger partial charge on any atom is 0.511 e. The summed E-state index contributed by atoms with van der Waals surface area (Å²) in [4.78, 5) is 3.12. The van der Waals surface area contributed by atoms with Crippen LogP contribution in [0.15, 0.2) is 18.3 Å². The molecule has 16 heavy (non-hydrogen) atoms. The molecule has 0 unspecified atom stereocenters. The van der Waals surface area contributed by atoms with Crippen molar-refractivity contribution < 1.29 is 30.9 Å². The molecule has 0 aliphatic carbocycles. The Morgan fingerprint density at radius 3 is 2.19 bits per heavy atom. The highest BCUT2D eigenvalue weighted by molar-refractivity contribution is 6.73. The van der Waals surface area contributed by atoms with Crippen molar-refractivity contribution in [2.24, 2.45) is 0 Å². The summed E-state index contributed by atoms with van der Waals surface area (Å²) in [6.07, 6.45) is -4.11. The van der Waals surface area contributed by atoms with Crippen LogP contribution in [0.5, 0.6) is 5.88 Å². The average Bonchev–Trinajstić information content (AvgIpc) is 2.13. The molecule has 0 saturated carbocycles. The van der Waals surface area contributed by atoms with Gasteiger partial charge in [0.05, 0.1) is 0 Å². The fourth-order valence-electron chi connectivity index (χ4n) is 0.827. The highest BCUT2D eigenvalue weighted by Crippen LogP contribution is 2.17. The van der Waals surface area contributed by atoms with Crippen molar-refractivity contribution in [2.75, 3.05) is 6.61 Å². The zero-order valence-corrected chi connectivity index (χ0v) is 7.64. The van der Waals surface area contributed by atoms with Gasteiger partial charge in [-0.1, -0.05) is 11.5 Å². The van der Waals surface area contributed by atoms with Crippen LogP contribution in [0, 0.1) is 0 Å². The summed E-state index contributed by atoms with van der Waals surface area (Å²) in [7, 11) is 0. The van der Waals surface area contributed by atoms with Crippen LogP contribution >= 0.6 is 0 Å². The lowest BCUT2D eigenvalue weighted by atomic mass is 9.82. The average molecular weight is 244 g/mol. The fraction of sp³-hybridized carbons (Fsp3) is 0.286. The van der Waals surface area contributed by atoms with Gasteiger partial charge in [-0.25, -0.2) is 4.98 Å². The predicted molar refractivity (Wildman–Crippen MR) is 44.5 cm³/mol. The smallest absolute Gasteiger partial charge is 0.468 e. The van der Waals surface area contributed by atoms with Crippen molar-refractivity contribution in [2.45, 2.75) is 6.18 Å². The largest absolute Gasteiger partial charge is 0.511 e. The third-order valence-electron chi connectivity index (χ3n) is 1.52. The van der Waals surface area contributed by atoms with Crippen molar-refractivity contribution in [3.63, 3.8) is 0 Å². The monoisotopic (exact) mass is 244 g/mol. The molecule has 1 aromatic rings. The number of nitrogens with zero attached hydrogens (tertiary/aromatic N) is 1. The van der Waals surface area contributed by atoms with E-state index in [4.69, 9.17) is 0 Å².